The Hall–Kier alpha value is -4.06. The molecule has 1 amide bonds. The number of fused-ring (bicyclic) bond motifs is 2. The van der Waals surface area contributed by atoms with E-state index < -0.39 is 6.04 Å². The van der Waals surface area contributed by atoms with Gasteiger partial charge in [0.15, 0.2) is 16.9 Å². The molecule has 0 bridgehead atoms. The van der Waals surface area contributed by atoms with E-state index in [4.69, 9.17) is 13.9 Å². The number of benzene rings is 3. The van der Waals surface area contributed by atoms with E-state index in [9.17, 15) is 9.59 Å². The van der Waals surface area contributed by atoms with Crippen LogP contribution in [0.3, 0.4) is 0 Å². The van der Waals surface area contributed by atoms with Gasteiger partial charge in [-0.25, -0.2) is 0 Å². The molecule has 1 unspecified atom stereocenters. The van der Waals surface area contributed by atoms with Gasteiger partial charge in [0.1, 0.15) is 5.58 Å². The van der Waals surface area contributed by atoms with Gasteiger partial charge in [0.05, 0.1) is 30.2 Å². The molecule has 1 atom stereocenters. The van der Waals surface area contributed by atoms with Crippen molar-refractivity contribution >= 4 is 22.6 Å². The summed E-state index contributed by atoms with van der Waals surface area (Å²) in [5.74, 6) is 0.950. The summed E-state index contributed by atoms with van der Waals surface area (Å²) in [6.07, 6.45) is 0.867. The third kappa shape index (κ3) is 4.26. The molecule has 5 rings (SSSR count). The molecule has 1 aliphatic rings. The molecular formula is C31H31NO5. The molecule has 0 fully saturated rings. The van der Waals surface area contributed by atoms with Gasteiger partial charge in [0.2, 0.25) is 5.76 Å². The topological polar surface area (TPSA) is 69.0 Å². The zero-order chi connectivity index (χ0) is 26.3. The molecule has 1 aliphatic heterocycles. The van der Waals surface area contributed by atoms with Crippen molar-refractivity contribution in [2.24, 2.45) is 0 Å². The molecule has 0 saturated carbocycles. The number of carbonyl (C=O) groups excluding carboxylic acids is 1. The van der Waals surface area contributed by atoms with Crippen LogP contribution in [0.15, 0.2) is 63.8 Å². The Labute approximate surface area is 216 Å². The summed E-state index contributed by atoms with van der Waals surface area (Å²) in [7, 11) is 0. The zero-order valence-electron chi connectivity index (χ0n) is 21.9. The third-order valence-electron chi connectivity index (χ3n) is 6.84. The Morgan fingerprint density at radius 2 is 1.59 bits per heavy atom. The number of rotatable bonds is 7. The molecule has 0 aliphatic carbocycles. The van der Waals surface area contributed by atoms with Crippen LogP contribution < -0.4 is 19.8 Å². The predicted molar refractivity (Wildman–Crippen MR) is 145 cm³/mol. The molecule has 1 aromatic heterocycles. The molecule has 4 aromatic rings. The van der Waals surface area contributed by atoms with Crippen molar-refractivity contribution in [3.63, 3.8) is 0 Å². The van der Waals surface area contributed by atoms with Crippen molar-refractivity contribution in [1.82, 2.24) is 0 Å². The third-order valence-corrected chi connectivity index (χ3v) is 6.84. The van der Waals surface area contributed by atoms with Gasteiger partial charge in [0, 0.05) is 5.69 Å². The first-order valence-corrected chi connectivity index (χ1v) is 12.7. The summed E-state index contributed by atoms with van der Waals surface area (Å²) < 4.78 is 18.0. The number of aryl methyl sites for hydroxylation is 3. The smallest absolute Gasteiger partial charge is 0.295 e. The van der Waals surface area contributed by atoms with E-state index in [1.54, 1.807) is 4.90 Å². The highest BCUT2D eigenvalue weighted by Crippen LogP contribution is 2.43. The molecule has 0 saturated heterocycles. The Morgan fingerprint density at radius 3 is 2.30 bits per heavy atom. The number of amides is 1. The van der Waals surface area contributed by atoms with Crippen molar-refractivity contribution in [3.8, 4) is 11.5 Å². The van der Waals surface area contributed by atoms with Crippen LogP contribution in [0.25, 0.3) is 11.0 Å². The maximum Gasteiger partial charge on any atom is 0.295 e. The van der Waals surface area contributed by atoms with Crippen LogP contribution in [0.2, 0.25) is 0 Å². The summed E-state index contributed by atoms with van der Waals surface area (Å²) in [6.45, 7) is 10.9. The zero-order valence-corrected chi connectivity index (χ0v) is 21.9. The van der Waals surface area contributed by atoms with Crippen LogP contribution >= 0.6 is 0 Å². The summed E-state index contributed by atoms with van der Waals surface area (Å²) in [5.41, 5.74) is 5.06. The molecule has 0 radical (unpaired) electrons. The van der Waals surface area contributed by atoms with E-state index in [-0.39, 0.29) is 17.1 Å². The van der Waals surface area contributed by atoms with Gasteiger partial charge < -0.3 is 13.9 Å². The maximum atomic E-state index is 14.0. The van der Waals surface area contributed by atoms with Crippen molar-refractivity contribution < 1.29 is 18.7 Å². The average Bonchev–Trinajstić information content (AvgIpc) is 3.17. The van der Waals surface area contributed by atoms with E-state index in [2.05, 4.69) is 0 Å². The van der Waals surface area contributed by atoms with Crippen LogP contribution in [0.1, 0.15) is 64.7 Å². The highest BCUT2D eigenvalue weighted by atomic mass is 16.5. The van der Waals surface area contributed by atoms with Gasteiger partial charge in [0.25, 0.3) is 5.91 Å². The first-order valence-electron chi connectivity index (χ1n) is 12.7. The van der Waals surface area contributed by atoms with E-state index in [1.165, 1.54) is 0 Å². The molecule has 2 heterocycles. The van der Waals surface area contributed by atoms with Crippen LogP contribution in [0, 0.1) is 20.8 Å². The highest BCUT2D eigenvalue weighted by molar-refractivity contribution is 6.10. The number of carbonyl (C=O) groups is 1. The first kappa shape index (κ1) is 24.6. The molecule has 190 valence electrons. The van der Waals surface area contributed by atoms with Crippen molar-refractivity contribution in [2.75, 3.05) is 18.1 Å². The van der Waals surface area contributed by atoms with Gasteiger partial charge >= 0.3 is 0 Å². The lowest BCUT2D eigenvalue weighted by Crippen LogP contribution is -2.29. The minimum Gasteiger partial charge on any atom is -0.490 e. The molecule has 6 nitrogen and oxygen atoms in total. The van der Waals surface area contributed by atoms with E-state index >= 15 is 0 Å². The van der Waals surface area contributed by atoms with Gasteiger partial charge in [-0.2, -0.15) is 0 Å². The van der Waals surface area contributed by atoms with E-state index in [0.717, 1.165) is 28.7 Å². The molecule has 0 N–H and O–H groups in total. The standard InChI is InChI=1S/C31H31NO5/c1-6-14-36-24-13-10-21(17-26(24)35-7-2)28-27-29(33)23-15-19(4)20(5)16-25(23)37-30(27)31(34)32(28)22-11-8-18(3)9-12-22/h8-13,15-17,28H,6-7,14H2,1-5H3. The second kappa shape index (κ2) is 9.77. The highest BCUT2D eigenvalue weighted by Gasteiger charge is 2.44. The predicted octanol–water partition coefficient (Wildman–Crippen LogP) is 6.66. The number of hydrogen-bond acceptors (Lipinski definition) is 5. The van der Waals surface area contributed by atoms with Crippen LogP contribution in [0.4, 0.5) is 5.69 Å². The van der Waals surface area contributed by atoms with Crippen molar-refractivity contribution in [3.05, 3.63) is 98.4 Å². The summed E-state index contributed by atoms with van der Waals surface area (Å²) in [6, 6.07) is 16.3. The molecular weight excluding hydrogens is 466 g/mol. The quantitative estimate of drug-likeness (QED) is 0.286. The fraction of sp³-hybridized carbons (Fsp3) is 0.290. The Morgan fingerprint density at radius 1 is 0.865 bits per heavy atom. The number of hydrogen-bond donors (Lipinski definition) is 0. The van der Waals surface area contributed by atoms with Gasteiger partial charge in [-0.15, -0.1) is 0 Å². The molecule has 6 heteroatoms. The summed E-state index contributed by atoms with van der Waals surface area (Å²) >= 11 is 0. The van der Waals surface area contributed by atoms with Crippen LogP contribution in [0.5, 0.6) is 11.5 Å². The Bertz CT molecular complexity index is 1550. The fourth-order valence-electron chi connectivity index (χ4n) is 4.81. The van der Waals surface area contributed by atoms with Crippen LogP contribution in [-0.4, -0.2) is 19.1 Å². The normalized spacial score (nSPS) is 14.8. The molecule has 37 heavy (non-hydrogen) atoms. The minimum absolute atomic E-state index is 0.0793. The second-order valence-electron chi connectivity index (χ2n) is 9.51. The minimum atomic E-state index is -0.674. The lowest BCUT2D eigenvalue weighted by molar-refractivity contribution is 0.0971. The van der Waals surface area contributed by atoms with Gasteiger partial charge in [-0.1, -0.05) is 30.7 Å². The second-order valence-corrected chi connectivity index (χ2v) is 9.51. The Balaban J connectivity index is 1.76. The SMILES string of the molecule is CCCOc1ccc(C2c3c(oc4cc(C)c(C)cc4c3=O)C(=O)N2c2ccc(C)cc2)cc1OCC. The van der Waals surface area contributed by atoms with Crippen molar-refractivity contribution in [2.45, 2.75) is 47.1 Å². The summed E-state index contributed by atoms with van der Waals surface area (Å²) in [4.78, 5) is 29.5. The number of ether oxygens (including phenoxy) is 2. The molecule has 3 aromatic carbocycles. The first-order chi connectivity index (χ1) is 17.8. The number of anilines is 1. The number of nitrogens with zero attached hydrogens (tertiary/aromatic N) is 1. The monoisotopic (exact) mass is 497 g/mol. The van der Waals surface area contributed by atoms with Crippen molar-refractivity contribution in [1.29, 1.82) is 0 Å². The lowest BCUT2D eigenvalue weighted by atomic mass is 9.96. The van der Waals surface area contributed by atoms with E-state index in [1.807, 2.05) is 89.2 Å². The maximum absolute atomic E-state index is 14.0. The van der Waals surface area contributed by atoms with E-state index in [0.29, 0.717) is 46.9 Å². The average molecular weight is 498 g/mol. The lowest BCUT2D eigenvalue weighted by Gasteiger charge is -2.26. The largest absolute Gasteiger partial charge is 0.490 e. The molecule has 0 spiro atoms. The van der Waals surface area contributed by atoms with Gasteiger partial charge in [-0.3, -0.25) is 14.5 Å². The Kier molecular flexibility index (Phi) is 6.50. The van der Waals surface area contributed by atoms with Gasteiger partial charge in [-0.05, 0) is 87.2 Å². The fourth-order valence-corrected chi connectivity index (χ4v) is 4.81. The van der Waals surface area contributed by atoms with Crippen LogP contribution in [-0.2, 0) is 0 Å². The summed E-state index contributed by atoms with van der Waals surface area (Å²) in [5, 5.41) is 0.471.